The Hall–Kier alpha value is -3.43. The van der Waals surface area contributed by atoms with Gasteiger partial charge in [-0.2, -0.15) is 18.2 Å². The van der Waals surface area contributed by atoms with Crippen molar-refractivity contribution in [3.8, 4) is 11.4 Å². The molecule has 10 heteroatoms. The van der Waals surface area contributed by atoms with Gasteiger partial charge in [-0.3, -0.25) is 0 Å². The maximum absolute atomic E-state index is 13.9. The fraction of sp³-hybridized carbons (Fsp3) is 0.167. The number of rotatable bonds is 5. The van der Waals surface area contributed by atoms with Crippen molar-refractivity contribution in [2.24, 2.45) is 0 Å². The molecule has 0 fully saturated rings. The highest BCUT2D eigenvalue weighted by Crippen LogP contribution is 2.31. The Labute approximate surface area is 156 Å². The van der Waals surface area contributed by atoms with E-state index in [1.165, 1.54) is 31.4 Å². The smallest absolute Gasteiger partial charge is 0.416 e. The number of aromatic nitrogens is 2. The van der Waals surface area contributed by atoms with Gasteiger partial charge >= 0.3 is 12.1 Å². The van der Waals surface area contributed by atoms with E-state index in [-0.39, 0.29) is 35.1 Å². The van der Waals surface area contributed by atoms with E-state index in [4.69, 9.17) is 4.52 Å². The molecule has 0 spiro atoms. The molecule has 0 amide bonds. The average molecular weight is 395 g/mol. The molecule has 146 valence electrons. The van der Waals surface area contributed by atoms with Crippen LogP contribution in [0.2, 0.25) is 0 Å². The number of halogens is 4. The maximum Gasteiger partial charge on any atom is 0.416 e. The molecule has 1 aromatic heterocycles. The fourth-order valence-electron chi connectivity index (χ4n) is 2.35. The second kappa shape index (κ2) is 7.67. The molecule has 3 aromatic rings. The highest BCUT2D eigenvalue weighted by molar-refractivity contribution is 5.90. The summed E-state index contributed by atoms with van der Waals surface area (Å²) in [6, 6.07) is 8.11. The number of hydrogen-bond donors (Lipinski definition) is 1. The van der Waals surface area contributed by atoms with Crippen LogP contribution in [0.3, 0.4) is 0 Å². The molecule has 3 rings (SSSR count). The number of alkyl halides is 3. The number of esters is 1. The van der Waals surface area contributed by atoms with Crippen molar-refractivity contribution in [2.75, 3.05) is 12.4 Å². The molecule has 0 saturated carbocycles. The van der Waals surface area contributed by atoms with Crippen LogP contribution in [0, 0.1) is 5.82 Å². The molecule has 0 aliphatic rings. The van der Waals surface area contributed by atoms with Crippen LogP contribution in [-0.4, -0.2) is 23.2 Å². The SMILES string of the molecule is COC(=O)c1ccc(F)c(NCc2nc(-c3cccc(C(F)(F)F)c3)no2)c1. The third-order valence-corrected chi connectivity index (χ3v) is 3.73. The number of nitrogens with zero attached hydrogens (tertiary/aromatic N) is 2. The zero-order chi connectivity index (χ0) is 20.3. The van der Waals surface area contributed by atoms with Crippen molar-refractivity contribution in [1.29, 1.82) is 0 Å². The second-order valence-electron chi connectivity index (χ2n) is 5.63. The first-order valence-corrected chi connectivity index (χ1v) is 7.90. The summed E-state index contributed by atoms with van der Waals surface area (Å²) < 4.78 is 61.9. The van der Waals surface area contributed by atoms with Crippen LogP contribution in [0.5, 0.6) is 0 Å². The number of benzene rings is 2. The second-order valence-corrected chi connectivity index (χ2v) is 5.63. The van der Waals surface area contributed by atoms with E-state index in [2.05, 4.69) is 20.2 Å². The Morgan fingerprint density at radius 1 is 1.21 bits per heavy atom. The minimum absolute atomic E-state index is 0.00159. The molecule has 0 saturated heterocycles. The van der Waals surface area contributed by atoms with Gasteiger partial charge in [-0.1, -0.05) is 17.3 Å². The van der Waals surface area contributed by atoms with Gasteiger partial charge in [0.1, 0.15) is 5.82 Å². The number of anilines is 1. The first-order valence-electron chi connectivity index (χ1n) is 7.90. The molecule has 28 heavy (non-hydrogen) atoms. The Bertz CT molecular complexity index is 1000. The van der Waals surface area contributed by atoms with Gasteiger partial charge in [0.25, 0.3) is 0 Å². The number of carbonyl (C=O) groups is 1. The highest BCUT2D eigenvalue weighted by atomic mass is 19.4. The first kappa shape index (κ1) is 19.3. The van der Waals surface area contributed by atoms with Crippen LogP contribution >= 0.6 is 0 Å². The van der Waals surface area contributed by atoms with E-state index in [1.807, 2.05) is 0 Å². The molecular weight excluding hydrogens is 382 g/mol. The third kappa shape index (κ3) is 4.27. The minimum atomic E-state index is -4.49. The molecule has 6 nitrogen and oxygen atoms in total. The predicted octanol–water partition coefficient (Wildman–Crippen LogP) is 4.29. The molecule has 0 aliphatic heterocycles. The van der Waals surface area contributed by atoms with Crippen molar-refractivity contribution >= 4 is 11.7 Å². The maximum atomic E-state index is 13.9. The average Bonchev–Trinajstić information content (AvgIpc) is 3.15. The van der Waals surface area contributed by atoms with Gasteiger partial charge in [0.05, 0.1) is 30.5 Å². The van der Waals surface area contributed by atoms with Gasteiger partial charge < -0.3 is 14.6 Å². The third-order valence-electron chi connectivity index (χ3n) is 3.73. The van der Waals surface area contributed by atoms with Crippen molar-refractivity contribution < 1.29 is 31.6 Å². The van der Waals surface area contributed by atoms with Gasteiger partial charge in [0, 0.05) is 5.56 Å². The molecule has 0 bridgehead atoms. The lowest BCUT2D eigenvalue weighted by molar-refractivity contribution is -0.137. The van der Waals surface area contributed by atoms with Crippen LogP contribution in [0.4, 0.5) is 23.2 Å². The van der Waals surface area contributed by atoms with Crippen LogP contribution in [0.25, 0.3) is 11.4 Å². The summed E-state index contributed by atoms with van der Waals surface area (Å²) in [4.78, 5) is 15.5. The van der Waals surface area contributed by atoms with E-state index >= 15 is 0 Å². The minimum Gasteiger partial charge on any atom is -0.465 e. The summed E-state index contributed by atoms with van der Waals surface area (Å²) in [6.45, 7) is -0.104. The Morgan fingerprint density at radius 2 is 2.00 bits per heavy atom. The monoisotopic (exact) mass is 395 g/mol. The first-order chi connectivity index (χ1) is 13.3. The molecule has 0 aliphatic carbocycles. The van der Waals surface area contributed by atoms with Crippen LogP contribution in [0.1, 0.15) is 21.8 Å². The quantitative estimate of drug-likeness (QED) is 0.513. The number of methoxy groups -OCH3 is 1. The summed E-state index contributed by atoms with van der Waals surface area (Å²) in [5.41, 5.74) is -0.567. The van der Waals surface area contributed by atoms with Crippen LogP contribution < -0.4 is 5.32 Å². The van der Waals surface area contributed by atoms with Crippen molar-refractivity contribution in [2.45, 2.75) is 12.7 Å². The molecule has 0 radical (unpaired) electrons. The summed E-state index contributed by atoms with van der Waals surface area (Å²) >= 11 is 0. The van der Waals surface area contributed by atoms with Crippen molar-refractivity contribution in [1.82, 2.24) is 10.1 Å². The van der Waals surface area contributed by atoms with E-state index in [9.17, 15) is 22.4 Å². The summed E-state index contributed by atoms with van der Waals surface area (Å²) in [7, 11) is 1.20. The van der Waals surface area contributed by atoms with Crippen LogP contribution in [0.15, 0.2) is 47.0 Å². The topological polar surface area (TPSA) is 77.2 Å². The number of nitrogens with one attached hydrogen (secondary N) is 1. The largest absolute Gasteiger partial charge is 0.465 e. The lowest BCUT2D eigenvalue weighted by Crippen LogP contribution is -2.06. The molecule has 2 aromatic carbocycles. The summed E-state index contributed by atoms with van der Waals surface area (Å²) in [6.07, 6.45) is -4.49. The fourth-order valence-corrected chi connectivity index (χ4v) is 2.35. The van der Waals surface area contributed by atoms with Gasteiger partial charge in [-0.05, 0) is 30.3 Å². The van der Waals surface area contributed by atoms with E-state index < -0.39 is 23.5 Å². The van der Waals surface area contributed by atoms with Crippen LogP contribution in [-0.2, 0) is 17.5 Å². The van der Waals surface area contributed by atoms with E-state index in [1.54, 1.807) is 0 Å². The highest BCUT2D eigenvalue weighted by Gasteiger charge is 2.30. The zero-order valence-corrected chi connectivity index (χ0v) is 14.4. The van der Waals surface area contributed by atoms with Crippen molar-refractivity contribution in [3.63, 3.8) is 0 Å². The molecule has 1 N–H and O–H groups in total. The Balaban J connectivity index is 1.75. The summed E-state index contributed by atoms with van der Waals surface area (Å²) in [5.74, 6) is -1.26. The molecule has 0 atom stereocenters. The number of ether oxygens (including phenoxy) is 1. The molecule has 0 unspecified atom stereocenters. The lowest BCUT2D eigenvalue weighted by atomic mass is 10.1. The Kier molecular flexibility index (Phi) is 5.30. The standard InChI is InChI=1S/C18H13F4N3O3/c1-27-17(26)11-5-6-13(19)14(8-11)23-9-15-24-16(25-28-15)10-3-2-4-12(7-10)18(20,21)22/h2-8,23H,9H2,1H3. The summed E-state index contributed by atoms with van der Waals surface area (Å²) in [5, 5.41) is 6.33. The van der Waals surface area contributed by atoms with E-state index in [0.29, 0.717) is 0 Å². The molecule has 1 heterocycles. The molecular formula is C18H13F4N3O3. The number of carbonyl (C=O) groups excluding carboxylic acids is 1. The Morgan fingerprint density at radius 3 is 2.71 bits per heavy atom. The number of hydrogen-bond acceptors (Lipinski definition) is 6. The lowest BCUT2D eigenvalue weighted by Gasteiger charge is -2.07. The van der Waals surface area contributed by atoms with Gasteiger partial charge in [-0.25, -0.2) is 9.18 Å². The van der Waals surface area contributed by atoms with Gasteiger partial charge in [0.2, 0.25) is 11.7 Å². The van der Waals surface area contributed by atoms with Crippen molar-refractivity contribution in [3.05, 3.63) is 65.3 Å². The van der Waals surface area contributed by atoms with Gasteiger partial charge in [0.15, 0.2) is 0 Å². The van der Waals surface area contributed by atoms with E-state index in [0.717, 1.165) is 18.2 Å². The predicted molar refractivity (Wildman–Crippen MR) is 89.8 cm³/mol. The van der Waals surface area contributed by atoms with Gasteiger partial charge in [-0.15, -0.1) is 0 Å². The normalized spacial score (nSPS) is 11.3. The zero-order valence-electron chi connectivity index (χ0n) is 14.4.